The molecule has 0 aliphatic carbocycles. The number of benzene rings is 3. The number of nitrogens with one attached hydrogen (secondary N) is 1. The van der Waals surface area contributed by atoms with Crippen molar-refractivity contribution in [3.63, 3.8) is 0 Å². The molecule has 1 heterocycles. The van der Waals surface area contributed by atoms with Gasteiger partial charge in [-0.15, -0.1) is 6.58 Å². The van der Waals surface area contributed by atoms with Crippen LogP contribution in [-0.4, -0.2) is 39.1 Å². The lowest BCUT2D eigenvalue weighted by molar-refractivity contribution is 0.0600. The molecule has 0 aliphatic heterocycles. The van der Waals surface area contributed by atoms with Crippen molar-refractivity contribution in [3.05, 3.63) is 95.3 Å². The second kappa shape index (κ2) is 10.8. The van der Waals surface area contributed by atoms with Crippen molar-refractivity contribution in [3.8, 4) is 5.75 Å². The minimum atomic E-state index is -3.82. The number of esters is 1. The largest absolute Gasteiger partial charge is 0.497 e. The van der Waals surface area contributed by atoms with E-state index in [0.29, 0.717) is 28.3 Å². The predicted octanol–water partition coefficient (Wildman–Crippen LogP) is 4.23. The molecule has 190 valence electrons. The predicted molar refractivity (Wildman–Crippen MR) is 141 cm³/mol. The van der Waals surface area contributed by atoms with Crippen LogP contribution >= 0.6 is 11.3 Å². The van der Waals surface area contributed by atoms with Gasteiger partial charge in [0.1, 0.15) is 5.75 Å². The number of hydrogen-bond donors (Lipinski definition) is 1. The molecule has 4 rings (SSSR count). The summed E-state index contributed by atoms with van der Waals surface area (Å²) in [6.45, 7) is 4.18. The first-order chi connectivity index (χ1) is 17.7. The summed E-state index contributed by atoms with van der Waals surface area (Å²) in [6, 6.07) is 17.1. The number of rotatable bonds is 8. The lowest BCUT2D eigenvalue weighted by atomic mass is 10.2. The number of sulfonamides is 1. The molecular weight excluding hydrogens is 514 g/mol. The van der Waals surface area contributed by atoms with Gasteiger partial charge in [-0.3, -0.25) is 9.52 Å². The van der Waals surface area contributed by atoms with Crippen molar-refractivity contribution < 1.29 is 27.5 Å². The van der Waals surface area contributed by atoms with Crippen molar-refractivity contribution in [2.75, 3.05) is 18.9 Å². The summed E-state index contributed by atoms with van der Waals surface area (Å²) in [5.74, 6) is -0.410. The maximum atomic E-state index is 12.9. The van der Waals surface area contributed by atoms with Crippen LogP contribution < -0.4 is 14.3 Å². The van der Waals surface area contributed by atoms with Gasteiger partial charge in [-0.05, 0) is 66.7 Å². The molecule has 37 heavy (non-hydrogen) atoms. The van der Waals surface area contributed by atoms with E-state index < -0.39 is 21.9 Å². The minimum absolute atomic E-state index is 0.0790. The van der Waals surface area contributed by atoms with E-state index >= 15 is 0 Å². The number of aromatic nitrogens is 1. The fourth-order valence-corrected chi connectivity index (χ4v) is 5.65. The Morgan fingerprint density at radius 3 is 2.32 bits per heavy atom. The number of amides is 1. The van der Waals surface area contributed by atoms with Crippen molar-refractivity contribution >= 4 is 49.1 Å². The van der Waals surface area contributed by atoms with Gasteiger partial charge in [0.25, 0.3) is 15.9 Å². The zero-order valence-electron chi connectivity index (χ0n) is 20.0. The first-order valence-corrected chi connectivity index (χ1v) is 13.2. The lowest BCUT2D eigenvalue weighted by Gasteiger charge is -2.09. The van der Waals surface area contributed by atoms with Crippen LogP contribution in [-0.2, 0) is 21.3 Å². The first-order valence-electron chi connectivity index (χ1n) is 10.9. The van der Waals surface area contributed by atoms with E-state index in [2.05, 4.69) is 16.3 Å². The SMILES string of the molecule is C=CCn1c(=NC(=O)c2ccc(NS(=O)(=O)c3ccc(OC)cc3)cc2)sc2cc(C(=O)OC)ccc21. The Morgan fingerprint density at radius 2 is 1.70 bits per heavy atom. The van der Waals surface area contributed by atoms with Gasteiger partial charge in [-0.1, -0.05) is 17.4 Å². The van der Waals surface area contributed by atoms with Gasteiger partial charge in [-0.25, -0.2) is 13.2 Å². The molecule has 0 spiro atoms. The van der Waals surface area contributed by atoms with Crippen LogP contribution in [0.1, 0.15) is 20.7 Å². The quantitative estimate of drug-likeness (QED) is 0.266. The molecule has 4 aromatic rings. The number of thiazole rings is 1. The number of methoxy groups -OCH3 is 2. The highest BCUT2D eigenvalue weighted by Gasteiger charge is 2.15. The van der Waals surface area contributed by atoms with Gasteiger partial charge in [0.15, 0.2) is 4.80 Å². The van der Waals surface area contributed by atoms with E-state index in [4.69, 9.17) is 9.47 Å². The van der Waals surface area contributed by atoms with Gasteiger partial charge >= 0.3 is 5.97 Å². The zero-order valence-corrected chi connectivity index (χ0v) is 21.6. The van der Waals surface area contributed by atoms with E-state index in [9.17, 15) is 18.0 Å². The number of ether oxygens (including phenoxy) is 2. The molecule has 9 nitrogen and oxygen atoms in total. The summed E-state index contributed by atoms with van der Waals surface area (Å²) < 4.78 is 40.2. The maximum Gasteiger partial charge on any atom is 0.337 e. The molecule has 1 amide bonds. The van der Waals surface area contributed by atoms with Crippen molar-refractivity contribution in [1.29, 1.82) is 0 Å². The van der Waals surface area contributed by atoms with Crippen LogP contribution in [0.2, 0.25) is 0 Å². The Kier molecular flexibility index (Phi) is 7.55. The van der Waals surface area contributed by atoms with E-state index in [1.807, 2.05) is 4.57 Å². The summed E-state index contributed by atoms with van der Waals surface area (Å²) in [5, 5.41) is 0. The molecule has 1 aromatic heterocycles. The van der Waals surface area contributed by atoms with Gasteiger partial charge in [0.05, 0.1) is 34.9 Å². The molecule has 0 saturated carbocycles. The number of nitrogens with zero attached hydrogens (tertiary/aromatic N) is 2. The second-order valence-corrected chi connectivity index (χ2v) is 10.4. The molecule has 0 unspecified atom stereocenters. The minimum Gasteiger partial charge on any atom is -0.497 e. The van der Waals surface area contributed by atoms with Crippen LogP contribution in [0.4, 0.5) is 5.69 Å². The highest BCUT2D eigenvalue weighted by molar-refractivity contribution is 7.92. The molecule has 0 saturated heterocycles. The molecule has 11 heteroatoms. The van der Waals surface area contributed by atoms with E-state index in [1.165, 1.54) is 62.0 Å². The fourth-order valence-electron chi connectivity index (χ4n) is 3.51. The van der Waals surface area contributed by atoms with Crippen molar-refractivity contribution in [1.82, 2.24) is 4.57 Å². The number of carbonyl (C=O) groups is 2. The van der Waals surface area contributed by atoms with E-state index in [0.717, 1.165) is 10.2 Å². The Bertz CT molecular complexity index is 1650. The number of allylic oxidation sites excluding steroid dienone is 1. The Labute approximate surface area is 217 Å². The average Bonchev–Trinajstić information content (AvgIpc) is 3.24. The number of hydrogen-bond acceptors (Lipinski definition) is 7. The average molecular weight is 538 g/mol. The smallest absolute Gasteiger partial charge is 0.337 e. The molecule has 0 radical (unpaired) electrons. The highest BCUT2D eigenvalue weighted by atomic mass is 32.2. The summed E-state index contributed by atoms with van der Waals surface area (Å²) in [5.41, 5.74) is 1.77. The topological polar surface area (TPSA) is 116 Å². The lowest BCUT2D eigenvalue weighted by Crippen LogP contribution is -2.16. The summed E-state index contributed by atoms with van der Waals surface area (Å²) >= 11 is 1.26. The number of fused-ring (bicyclic) bond motifs is 1. The Hall–Kier alpha value is -4.22. The molecule has 0 aliphatic rings. The molecule has 0 fully saturated rings. The maximum absolute atomic E-state index is 12.9. The van der Waals surface area contributed by atoms with Crippen LogP contribution in [0.25, 0.3) is 10.2 Å². The third kappa shape index (κ3) is 5.63. The van der Waals surface area contributed by atoms with Crippen LogP contribution in [0.5, 0.6) is 5.75 Å². The van der Waals surface area contributed by atoms with Crippen molar-refractivity contribution in [2.45, 2.75) is 11.4 Å². The van der Waals surface area contributed by atoms with Crippen LogP contribution in [0, 0.1) is 0 Å². The standard InChI is InChI=1S/C26H23N3O6S2/c1-4-15-29-22-14-7-18(25(31)35-3)16-23(22)36-26(29)27-24(30)17-5-8-19(9-6-17)28-37(32,33)21-12-10-20(34-2)11-13-21/h4-14,16,28H,1,15H2,2-3H3. The van der Waals surface area contributed by atoms with Crippen molar-refractivity contribution in [2.24, 2.45) is 4.99 Å². The van der Waals surface area contributed by atoms with Gasteiger partial charge in [-0.2, -0.15) is 4.99 Å². The zero-order chi connectivity index (χ0) is 26.6. The normalized spacial score (nSPS) is 11.8. The summed E-state index contributed by atoms with van der Waals surface area (Å²) in [7, 11) is -1.01. The second-order valence-electron chi connectivity index (χ2n) is 7.73. The molecule has 0 atom stereocenters. The fraction of sp³-hybridized carbons (Fsp3) is 0.115. The molecule has 0 bridgehead atoms. The third-order valence-electron chi connectivity index (χ3n) is 5.37. The Morgan fingerprint density at radius 1 is 1.03 bits per heavy atom. The molecule has 1 N–H and O–H groups in total. The molecular formula is C26H23N3O6S2. The third-order valence-corrected chi connectivity index (χ3v) is 7.80. The Balaban J connectivity index is 1.60. The number of anilines is 1. The van der Waals surface area contributed by atoms with E-state index in [1.54, 1.807) is 36.4 Å². The summed E-state index contributed by atoms with van der Waals surface area (Å²) in [4.78, 5) is 29.6. The van der Waals surface area contributed by atoms with Crippen LogP contribution in [0.3, 0.4) is 0 Å². The highest BCUT2D eigenvalue weighted by Crippen LogP contribution is 2.21. The van der Waals surface area contributed by atoms with E-state index in [-0.39, 0.29) is 10.5 Å². The number of carbonyl (C=O) groups excluding carboxylic acids is 2. The van der Waals surface area contributed by atoms with Gasteiger partial charge in [0, 0.05) is 17.8 Å². The van der Waals surface area contributed by atoms with Gasteiger partial charge < -0.3 is 14.0 Å². The summed E-state index contributed by atoms with van der Waals surface area (Å²) in [6.07, 6.45) is 1.69. The monoisotopic (exact) mass is 537 g/mol. The molecule has 3 aromatic carbocycles. The first kappa shape index (κ1) is 25.9. The van der Waals surface area contributed by atoms with Gasteiger partial charge in [0.2, 0.25) is 0 Å². The van der Waals surface area contributed by atoms with Crippen LogP contribution in [0.15, 0.2) is 89.3 Å².